The maximum atomic E-state index is 12.4. The zero-order valence-electron chi connectivity index (χ0n) is 38.0. The normalized spacial score (nSPS) is 15.8. The minimum absolute atomic E-state index is 0.0606. The number of pyridine rings is 1. The van der Waals surface area contributed by atoms with Crippen LogP contribution in [0.15, 0.2) is 134 Å². The lowest BCUT2D eigenvalue weighted by molar-refractivity contribution is -0.186. The molecule has 3 atom stereocenters. The Balaban J connectivity index is 0.000000175. The third-order valence-electron chi connectivity index (χ3n) is 10.9. The van der Waals surface area contributed by atoms with Crippen LogP contribution < -0.4 is 15.4 Å². The molecule has 0 saturated carbocycles. The van der Waals surface area contributed by atoms with E-state index in [0.29, 0.717) is 84.1 Å². The third kappa shape index (κ3) is 14.0. The Hall–Kier alpha value is -5.25. The number of nitrogens with one attached hydrogen (secondary N) is 2. The maximum Gasteiger partial charge on any atom is 0.258 e. The van der Waals surface area contributed by atoms with Crippen LogP contribution >= 0.6 is 81.2 Å². The smallest absolute Gasteiger partial charge is 0.258 e. The van der Waals surface area contributed by atoms with Gasteiger partial charge in [-0.05, 0) is 123 Å². The average molecular weight is 1090 g/mol. The SMILES string of the molecule is CC1COC(Cn2cncn2)(c2ccc(Oc3ccc(Cl)cc3)cc2Cl)O1.CCC(C)(NC(=O)c1cc(Cl)c(C)c(Cl)c1)C(=O)CCl.O=C(Nc1ccccc1-c1ccc(Cl)cc1)c1cccnc1Cl. The summed E-state index contributed by atoms with van der Waals surface area (Å²) in [5, 5.41) is 12.5. The second kappa shape index (κ2) is 24.7. The average Bonchev–Trinajstić information content (AvgIpc) is 4.01. The van der Waals surface area contributed by atoms with Crippen molar-refractivity contribution in [2.75, 3.05) is 17.8 Å². The van der Waals surface area contributed by atoms with E-state index in [4.69, 9.17) is 95.4 Å². The van der Waals surface area contributed by atoms with Crippen molar-refractivity contribution in [2.45, 2.75) is 58.1 Å². The summed E-state index contributed by atoms with van der Waals surface area (Å²) in [6.07, 6.45) is 5.01. The minimum Gasteiger partial charge on any atom is -0.457 e. The largest absolute Gasteiger partial charge is 0.457 e. The van der Waals surface area contributed by atoms with Crippen molar-refractivity contribution in [1.82, 2.24) is 25.1 Å². The number of hydrogen-bond acceptors (Lipinski definition) is 9. The van der Waals surface area contributed by atoms with Gasteiger partial charge in [0.15, 0.2) is 5.78 Å². The van der Waals surface area contributed by atoms with Gasteiger partial charge >= 0.3 is 0 Å². The fourth-order valence-corrected chi connectivity index (χ4v) is 8.36. The van der Waals surface area contributed by atoms with Gasteiger partial charge in [0.05, 0.1) is 34.7 Å². The lowest BCUT2D eigenvalue weighted by Crippen LogP contribution is -2.52. The number of Topliss-reactive ketones (excluding diaryl/α,β-unsaturated/α-hetero) is 1. The Morgan fingerprint density at radius 1 is 0.829 bits per heavy atom. The van der Waals surface area contributed by atoms with E-state index < -0.39 is 17.2 Å². The molecule has 19 heteroatoms. The number of hydrogen-bond donors (Lipinski definition) is 2. The second-order valence-corrected chi connectivity index (χ2v) is 18.6. The molecule has 2 N–H and O–H groups in total. The molecule has 2 aromatic heterocycles. The van der Waals surface area contributed by atoms with E-state index >= 15 is 0 Å². The molecule has 8 rings (SSSR count). The fraction of sp³-hybridized carbons (Fsp3) is 0.216. The summed E-state index contributed by atoms with van der Waals surface area (Å²) < 4.78 is 19.6. The first-order valence-electron chi connectivity index (χ1n) is 21.5. The van der Waals surface area contributed by atoms with Crippen molar-refractivity contribution in [3.63, 3.8) is 0 Å². The van der Waals surface area contributed by atoms with Crippen molar-refractivity contribution < 1.29 is 28.6 Å². The second-order valence-electron chi connectivity index (χ2n) is 15.9. The molecule has 2 amide bonds. The molecule has 1 fully saturated rings. The van der Waals surface area contributed by atoms with Crippen molar-refractivity contribution in [3.8, 4) is 22.6 Å². The number of anilines is 1. The summed E-state index contributed by atoms with van der Waals surface area (Å²) in [5.74, 6) is -0.848. The van der Waals surface area contributed by atoms with Gasteiger partial charge in [-0.1, -0.05) is 107 Å². The highest BCUT2D eigenvalue weighted by Crippen LogP contribution is 2.41. The molecule has 1 aliphatic rings. The van der Waals surface area contributed by atoms with Crippen molar-refractivity contribution in [3.05, 3.63) is 187 Å². The summed E-state index contributed by atoms with van der Waals surface area (Å²) >= 11 is 42.0. The number of nitrogens with zero attached hydrogens (tertiary/aromatic N) is 4. The molecular formula is C51H45Cl7N6O6. The molecule has 1 aliphatic heterocycles. The van der Waals surface area contributed by atoms with Crippen LogP contribution in [0.2, 0.25) is 30.3 Å². The zero-order valence-corrected chi connectivity index (χ0v) is 43.3. The number of carbonyl (C=O) groups is 3. The minimum atomic E-state index is -1.02. The van der Waals surface area contributed by atoms with Gasteiger partial charge in [-0.25, -0.2) is 14.6 Å². The molecule has 0 bridgehead atoms. The number of benzene rings is 5. The van der Waals surface area contributed by atoms with E-state index in [0.717, 1.165) is 11.1 Å². The Kier molecular flexibility index (Phi) is 19.1. The predicted octanol–water partition coefficient (Wildman–Crippen LogP) is 14.0. The summed E-state index contributed by atoms with van der Waals surface area (Å²) in [4.78, 5) is 44.4. The zero-order chi connectivity index (χ0) is 50.6. The van der Waals surface area contributed by atoms with E-state index in [1.54, 1.807) is 80.4 Å². The molecule has 7 aromatic rings. The van der Waals surface area contributed by atoms with Crippen LogP contribution in [-0.4, -0.2) is 61.5 Å². The fourth-order valence-electron chi connectivity index (χ4n) is 6.81. The number of ether oxygens (including phenoxy) is 3. The van der Waals surface area contributed by atoms with Crippen LogP contribution in [0.5, 0.6) is 11.5 Å². The molecule has 5 aromatic carbocycles. The molecule has 0 radical (unpaired) electrons. The van der Waals surface area contributed by atoms with Crippen molar-refractivity contribution in [1.29, 1.82) is 0 Å². The number of para-hydroxylation sites is 1. The number of carbonyl (C=O) groups excluding carboxylic acids is 3. The Morgan fingerprint density at radius 2 is 1.49 bits per heavy atom. The van der Waals surface area contributed by atoms with Gasteiger partial charge in [-0.15, -0.1) is 11.6 Å². The van der Waals surface area contributed by atoms with Crippen LogP contribution in [0.3, 0.4) is 0 Å². The predicted molar refractivity (Wildman–Crippen MR) is 278 cm³/mol. The number of aromatic nitrogens is 4. The van der Waals surface area contributed by atoms with E-state index in [2.05, 4.69) is 25.7 Å². The first kappa shape index (κ1) is 54.1. The molecule has 70 heavy (non-hydrogen) atoms. The van der Waals surface area contributed by atoms with Gasteiger partial charge < -0.3 is 24.8 Å². The van der Waals surface area contributed by atoms with Crippen LogP contribution in [0, 0.1) is 6.92 Å². The first-order chi connectivity index (χ1) is 33.4. The van der Waals surface area contributed by atoms with E-state index in [9.17, 15) is 14.4 Å². The summed E-state index contributed by atoms with van der Waals surface area (Å²) in [7, 11) is 0. The lowest BCUT2D eigenvalue weighted by atomic mass is 9.93. The highest BCUT2D eigenvalue weighted by atomic mass is 35.5. The monoisotopic (exact) mass is 1080 g/mol. The highest BCUT2D eigenvalue weighted by molar-refractivity contribution is 6.37. The molecule has 12 nitrogen and oxygen atoms in total. The Bertz CT molecular complexity index is 2910. The molecule has 1 saturated heterocycles. The van der Waals surface area contributed by atoms with Gasteiger partial charge in [0, 0.05) is 48.7 Å². The number of alkyl halides is 1. The van der Waals surface area contributed by atoms with Gasteiger partial charge in [0.1, 0.15) is 35.9 Å². The number of ketones is 1. The van der Waals surface area contributed by atoms with Crippen molar-refractivity contribution >= 4 is 104 Å². The summed E-state index contributed by atoms with van der Waals surface area (Å²) in [5.41, 5.74) is 3.63. The quantitative estimate of drug-likeness (QED) is 0.0851. The van der Waals surface area contributed by atoms with Gasteiger partial charge in [0.25, 0.3) is 11.8 Å². The standard InChI is InChI=1S/C19H17Cl2N3O3.C18H12Cl2N2O.C14H16Cl3NO2/c1-13-9-25-19(27-13,10-24-12-22-11-23-24)17-7-6-16(8-18(17)21)26-15-4-2-14(20)3-5-15;19-13-9-7-12(8-10-13)14-4-1-2-6-16(14)22-18(23)15-5-3-11-21-17(15)20;1-4-14(3,12(19)7-15)18-13(20)9-5-10(16)8(2)11(17)6-9/h2-8,11-13H,9-10H2,1H3;1-11H,(H,22,23);5-6H,4,7H2,1-3H3,(H,18,20). The van der Waals surface area contributed by atoms with E-state index in [1.165, 1.54) is 18.5 Å². The summed E-state index contributed by atoms with van der Waals surface area (Å²) in [6.45, 7) is 7.98. The number of rotatable bonds is 13. The van der Waals surface area contributed by atoms with Crippen LogP contribution in [0.4, 0.5) is 5.69 Å². The molecule has 0 spiro atoms. The number of amides is 2. The molecule has 0 aliphatic carbocycles. The van der Waals surface area contributed by atoms with E-state index in [1.807, 2.05) is 67.6 Å². The third-order valence-corrected chi connectivity index (χ3v) is 13.0. The highest BCUT2D eigenvalue weighted by Gasteiger charge is 2.44. The summed E-state index contributed by atoms with van der Waals surface area (Å²) in [6, 6.07) is 33.9. The number of halogens is 7. The Labute approximate surface area is 440 Å². The van der Waals surface area contributed by atoms with Crippen LogP contribution in [0.25, 0.3) is 11.1 Å². The van der Waals surface area contributed by atoms with Gasteiger partial charge in [0.2, 0.25) is 5.79 Å². The maximum absolute atomic E-state index is 12.4. The first-order valence-corrected chi connectivity index (χ1v) is 24.3. The topological polar surface area (TPSA) is 147 Å². The van der Waals surface area contributed by atoms with Gasteiger partial charge in [-0.2, -0.15) is 5.10 Å². The Morgan fingerprint density at radius 3 is 2.07 bits per heavy atom. The van der Waals surface area contributed by atoms with Crippen molar-refractivity contribution in [2.24, 2.45) is 0 Å². The van der Waals surface area contributed by atoms with E-state index in [-0.39, 0.29) is 28.8 Å². The van der Waals surface area contributed by atoms with Crippen LogP contribution in [0.1, 0.15) is 59.0 Å². The van der Waals surface area contributed by atoms with Gasteiger partial charge in [-0.3, -0.25) is 14.4 Å². The van der Waals surface area contributed by atoms with Crippen LogP contribution in [-0.2, 0) is 26.6 Å². The molecule has 3 heterocycles. The molecular weight excluding hydrogens is 1040 g/mol. The molecule has 3 unspecified atom stereocenters. The molecule has 364 valence electrons. The lowest BCUT2D eigenvalue weighted by Gasteiger charge is -2.29.